The topological polar surface area (TPSA) is 108 Å². The van der Waals surface area contributed by atoms with Gasteiger partial charge in [0.25, 0.3) is 0 Å². The zero-order chi connectivity index (χ0) is 25.6. The SMILES string of the molecule is COc1ccc(NC(=O)NCCN2C(=O)C3(COc4cc5c(cc43)OCO5)c3ccccc32)cc1OC. The van der Waals surface area contributed by atoms with E-state index >= 15 is 0 Å². The summed E-state index contributed by atoms with van der Waals surface area (Å²) in [5.74, 6) is 2.79. The van der Waals surface area contributed by atoms with Gasteiger partial charge in [-0.1, -0.05) is 18.2 Å². The van der Waals surface area contributed by atoms with E-state index < -0.39 is 11.4 Å². The summed E-state index contributed by atoms with van der Waals surface area (Å²) in [6.07, 6.45) is 0. The normalized spacial score (nSPS) is 18.3. The van der Waals surface area contributed by atoms with Gasteiger partial charge in [0.2, 0.25) is 12.7 Å². The van der Waals surface area contributed by atoms with Crippen LogP contribution >= 0.6 is 0 Å². The Morgan fingerprint density at radius 1 is 0.946 bits per heavy atom. The molecule has 3 aromatic carbocycles. The van der Waals surface area contributed by atoms with Crippen LogP contribution in [0.4, 0.5) is 16.2 Å². The molecule has 3 aliphatic rings. The number of nitrogens with one attached hydrogen (secondary N) is 2. The summed E-state index contributed by atoms with van der Waals surface area (Å²) in [4.78, 5) is 28.2. The highest BCUT2D eigenvalue weighted by atomic mass is 16.7. The molecule has 3 aromatic rings. The molecular weight excluding hydrogens is 478 g/mol. The van der Waals surface area contributed by atoms with Gasteiger partial charge < -0.3 is 39.2 Å². The number of rotatable bonds is 6. The van der Waals surface area contributed by atoms with Crippen molar-refractivity contribution in [1.29, 1.82) is 0 Å². The Morgan fingerprint density at radius 3 is 2.54 bits per heavy atom. The number of methoxy groups -OCH3 is 2. The Bertz CT molecular complexity index is 1410. The number of carbonyl (C=O) groups is 2. The predicted molar refractivity (Wildman–Crippen MR) is 134 cm³/mol. The van der Waals surface area contributed by atoms with E-state index in [1.165, 1.54) is 7.11 Å². The summed E-state index contributed by atoms with van der Waals surface area (Å²) in [6.45, 7) is 0.852. The summed E-state index contributed by atoms with van der Waals surface area (Å²) in [5.41, 5.74) is 2.00. The number of carbonyl (C=O) groups excluding carboxylic acids is 2. The van der Waals surface area contributed by atoms with Crippen molar-refractivity contribution in [2.45, 2.75) is 5.41 Å². The average molecular weight is 504 g/mol. The van der Waals surface area contributed by atoms with Crippen LogP contribution < -0.4 is 39.2 Å². The largest absolute Gasteiger partial charge is 0.493 e. The Labute approximate surface area is 213 Å². The van der Waals surface area contributed by atoms with Gasteiger partial charge in [-0.05, 0) is 29.8 Å². The molecule has 1 unspecified atom stereocenters. The van der Waals surface area contributed by atoms with Crippen molar-refractivity contribution in [1.82, 2.24) is 5.32 Å². The molecule has 3 heterocycles. The third-order valence-electron chi connectivity index (χ3n) is 6.91. The summed E-state index contributed by atoms with van der Waals surface area (Å²) in [5, 5.41) is 5.60. The van der Waals surface area contributed by atoms with Crippen LogP contribution in [0, 0.1) is 0 Å². The number of para-hydroxylation sites is 1. The first kappa shape index (κ1) is 22.8. The van der Waals surface area contributed by atoms with Crippen LogP contribution in [0.25, 0.3) is 0 Å². The summed E-state index contributed by atoms with van der Waals surface area (Å²) < 4.78 is 27.6. The van der Waals surface area contributed by atoms with Crippen LogP contribution in [0.2, 0.25) is 0 Å². The molecule has 0 radical (unpaired) electrons. The minimum Gasteiger partial charge on any atom is -0.493 e. The lowest BCUT2D eigenvalue weighted by molar-refractivity contribution is -0.122. The van der Waals surface area contributed by atoms with Crippen molar-refractivity contribution < 1.29 is 33.3 Å². The highest BCUT2D eigenvalue weighted by Crippen LogP contribution is 2.54. The fourth-order valence-corrected chi connectivity index (χ4v) is 5.16. The smallest absolute Gasteiger partial charge is 0.319 e. The molecule has 6 rings (SSSR count). The van der Waals surface area contributed by atoms with Gasteiger partial charge in [0.1, 0.15) is 17.8 Å². The molecule has 0 saturated carbocycles. The van der Waals surface area contributed by atoms with Crippen LogP contribution in [0.3, 0.4) is 0 Å². The van der Waals surface area contributed by atoms with Crippen molar-refractivity contribution in [3.8, 4) is 28.7 Å². The number of hydrogen-bond acceptors (Lipinski definition) is 7. The lowest BCUT2D eigenvalue weighted by Crippen LogP contribution is -2.45. The molecule has 3 aliphatic heterocycles. The van der Waals surface area contributed by atoms with Crippen molar-refractivity contribution in [3.05, 3.63) is 65.7 Å². The fourth-order valence-electron chi connectivity index (χ4n) is 5.16. The molecule has 0 saturated heterocycles. The molecular formula is C27H25N3O7. The summed E-state index contributed by atoms with van der Waals surface area (Å²) >= 11 is 0. The van der Waals surface area contributed by atoms with Crippen molar-refractivity contribution >= 4 is 23.3 Å². The molecule has 1 spiro atoms. The second-order valence-corrected chi connectivity index (χ2v) is 8.82. The van der Waals surface area contributed by atoms with E-state index in [1.54, 1.807) is 36.3 Å². The van der Waals surface area contributed by atoms with Crippen molar-refractivity contribution in [3.63, 3.8) is 0 Å². The molecule has 1 atom stereocenters. The van der Waals surface area contributed by atoms with Crippen LogP contribution in [-0.2, 0) is 10.2 Å². The van der Waals surface area contributed by atoms with Gasteiger partial charge in [-0.2, -0.15) is 0 Å². The van der Waals surface area contributed by atoms with E-state index in [0.717, 1.165) is 16.8 Å². The monoisotopic (exact) mass is 503 g/mol. The molecule has 190 valence electrons. The Hall–Kier alpha value is -4.60. The molecule has 0 aliphatic carbocycles. The Kier molecular flexibility index (Phi) is 5.44. The lowest BCUT2D eigenvalue weighted by Gasteiger charge is -2.23. The summed E-state index contributed by atoms with van der Waals surface area (Å²) in [6, 6.07) is 16.0. The average Bonchev–Trinajstić information content (AvgIpc) is 3.59. The number of amides is 3. The molecule has 2 N–H and O–H groups in total. The highest BCUT2D eigenvalue weighted by molar-refractivity contribution is 6.11. The number of fused-ring (bicyclic) bond motifs is 5. The number of anilines is 2. The van der Waals surface area contributed by atoms with Gasteiger partial charge in [-0.25, -0.2) is 4.79 Å². The van der Waals surface area contributed by atoms with Crippen molar-refractivity contribution in [2.24, 2.45) is 0 Å². The van der Waals surface area contributed by atoms with Crippen LogP contribution in [-0.4, -0.2) is 52.6 Å². The van der Waals surface area contributed by atoms with E-state index in [-0.39, 0.29) is 32.4 Å². The van der Waals surface area contributed by atoms with Gasteiger partial charge >= 0.3 is 6.03 Å². The highest BCUT2D eigenvalue weighted by Gasteiger charge is 2.57. The van der Waals surface area contributed by atoms with E-state index in [9.17, 15) is 9.59 Å². The minimum atomic E-state index is -0.977. The molecule has 0 aromatic heterocycles. The van der Waals surface area contributed by atoms with Gasteiger partial charge in [0.05, 0.1) is 14.2 Å². The second-order valence-electron chi connectivity index (χ2n) is 8.82. The van der Waals surface area contributed by atoms with Crippen LogP contribution in [0.1, 0.15) is 11.1 Å². The van der Waals surface area contributed by atoms with Crippen LogP contribution in [0.15, 0.2) is 54.6 Å². The molecule has 0 bridgehead atoms. The maximum atomic E-state index is 14.0. The third-order valence-corrected chi connectivity index (χ3v) is 6.91. The predicted octanol–water partition coefficient (Wildman–Crippen LogP) is 3.28. The Morgan fingerprint density at radius 2 is 1.73 bits per heavy atom. The minimum absolute atomic E-state index is 0.103. The zero-order valence-corrected chi connectivity index (χ0v) is 20.3. The number of hydrogen-bond donors (Lipinski definition) is 2. The summed E-state index contributed by atoms with van der Waals surface area (Å²) in [7, 11) is 3.08. The van der Waals surface area contributed by atoms with Gasteiger partial charge in [-0.3, -0.25) is 4.79 Å². The molecule has 0 fully saturated rings. The van der Waals surface area contributed by atoms with E-state index in [2.05, 4.69) is 10.6 Å². The van der Waals surface area contributed by atoms with Crippen LogP contribution in [0.5, 0.6) is 28.7 Å². The number of nitrogens with zero attached hydrogens (tertiary/aromatic N) is 1. The quantitative estimate of drug-likeness (QED) is 0.532. The van der Waals surface area contributed by atoms with E-state index in [1.807, 2.05) is 30.3 Å². The van der Waals surface area contributed by atoms with E-state index in [0.29, 0.717) is 34.4 Å². The van der Waals surface area contributed by atoms with Gasteiger partial charge in [0.15, 0.2) is 23.0 Å². The number of urea groups is 1. The maximum Gasteiger partial charge on any atom is 0.319 e. The molecule has 3 amide bonds. The van der Waals surface area contributed by atoms with Gasteiger partial charge in [0, 0.05) is 42.2 Å². The third kappa shape index (κ3) is 3.55. The number of ether oxygens (including phenoxy) is 5. The lowest BCUT2D eigenvalue weighted by atomic mass is 9.77. The maximum absolute atomic E-state index is 14.0. The number of benzene rings is 3. The van der Waals surface area contributed by atoms with Crippen molar-refractivity contribution in [2.75, 3.05) is 50.9 Å². The molecule has 10 nitrogen and oxygen atoms in total. The first-order valence-electron chi connectivity index (χ1n) is 11.8. The molecule has 10 heteroatoms. The van der Waals surface area contributed by atoms with Gasteiger partial charge in [-0.15, -0.1) is 0 Å². The fraction of sp³-hybridized carbons (Fsp3) is 0.259. The first-order chi connectivity index (χ1) is 18.0. The Balaban J connectivity index is 1.19. The van der Waals surface area contributed by atoms with E-state index in [4.69, 9.17) is 23.7 Å². The second kappa shape index (κ2) is 8.81. The zero-order valence-electron chi connectivity index (χ0n) is 20.3. The molecule has 37 heavy (non-hydrogen) atoms. The standard InChI is InChI=1S/C27H25N3O7/c1-33-20-8-7-16(11-22(20)34-2)29-26(32)28-9-10-30-19-6-4-3-5-17(19)27(25(30)31)14-35-21-13-24-23(12-18(21)27)36-15-37-24/h3-8,11-13H,9-10,14-15H2,1-2H3,(H2,28,29,32). The first-order valence-corrected chi connectivity index (χ1v) is 11.8.